The van der Waals surface area contributed by atoms with Crippen molar-refractivity contribution in [3.63, 3.8) is 0 Å². The van der Waals surface area contributed by atoms with Crippen LogP contribution < -0.4 is 5.32 Å². The molecule has 9 heteroatoms. The maximum absolute atomic E-state index is 12.7. The van der Waals surface area contributed by atoms with Gasteiger partial charge in [-0.15, -0.1) is 0 Å². The molecular formula is C15H20N2O5S2. The summed E-state index contributed by atoms with van der Waals surface area (Å²) in [5.74, 6) is -0.417. The smallest absolute Gasteiger partial charge is 0.243 e. The Morgan fingerprint density at radius 3 is 2.50 bits per heavy atom. The number of sulfonamides is 1. The van der Waals surface area contributed by atoms with Crippen LogP contribution in [0, 0.1) is 0 Å². The Labute approximate surface area is 142 Å². The SMILES string of the molecule is O=C(N[C@@H]1CCS(=O)(=O)C1)[C@H]1CCCN1S(=O)(=O)c1ccccc1. The van der Waals surface area contributed by atoms with Gasteiger partial charge in [-0.25, -0.2) is 16.8 Å². The molecule has 3 rings (SSSR count). The number of hydrogen-bond acceptors (Lipinski definition) is 5. The molecular weight excluding hydrogens is 352 g/mol. The number of carbonyl (C=O) groups excluding carboxylic acids is 1. The van der Waals surface area contributed by atoms with Crippen molar-refractivity contribution in [2.45, 2.75) is 36.2 Å². The predicted molar refractivity (Wildman–Crippen MR) is 88.6 cm³/mol. The number of nitrogens with zero attached hydrogens (tertiary/aromatic N) is 1. The Bertz CT molecular complexity index is 821. The van der Waals surface area contributed by atoms with Crippen LogP contribution in [-0.4, -0.2) is 57.2 Å². The first-order valence-corrected chi connectivity index (χ1v) is 11.1. The Morgan fingerprint density at radius 2 is 1.88 bits per heavy atom. The summed E-state index contributed by atoms with van der Waals surface area (Å²) < 4.78 is 49.7. The molecule has 2 fully saturated rings. The molecule has 1 N–H and O–H groups in total. The fraction of sp³-hybridized carbons (Fsp3) is 0.533. The summed E-state index contributed by atoms with van der Waals surface area (Å²) in [5, 5.41) is 2.71. The molecule has 0 spiro atoms. The normalized spacial score (nSPS) is 27.2. The van der Waals surface area contributed by atoms with E-state index in [0.717, 1.165) is 0 Å². The summed E-state index contributed by atoms with van der Waals surface area (Å²) in [4.78, 5) is 12.6. The molecule has 0 radical (unpaired) electrons. The summed E-state index contributed by atoms with van der Waals surface area (Å²) in [6.45, 7) is 0.290. The zero-order valence-electron chi connectivity index (χ0n) is 13.1. The molecule has 2 atom stereocenters. The average Bonchev–Trinajstić information content (AvgIpc) is 3.15. The van der Waals surface area contributed by atoms with Crippen LogP contribution in [-0.2, 0) is 24.7 Å². The summed E-state index contributed by atoms with van der Waals surface area (Å²) >= 11 is 0. The number of benzene rings is 1. The van der Waals surface area contributed by atoms with Crippen molar-refractivity contribution in [3.05, 3.63) is 30.3 Å². The van der Waals surface area contributed by atoms with Gasteiger partial charge in [0.15, 0.2) is 9.84 Å². The van der Waals surface area contributed by atoms with E-state index in [1.54, 1.807) is 18.2 Å². The molecule has 1 aromatic rings. The first kappa shape index (κ1) is 17.4. The van der Waals surface area contributed by atoms with Gasteiger partial charge in [0.2, 0.25) is 15.9 Å². The van der Waals surface area contributed by atoms with E-state index in [-0.39, 0.29) is 22.9 Å². The standard InChI is InChI=1S/C15H20N2O5S2/c18-15(16-12-8-10-23(19,20)11-12)14-7-4-9-17(14)24(21,22)13-5-2-1-3-6-13/h1-3,5-6,12,14H,4,7-11H2,(H,16,18)/t12-,14-/m1/s1. The third-order valence-electron chi connectivity index (χ3n) is 4.43. The van der Waals surface area contributed by atoms with Gasteiger partial charge in [0.05, 0.1) is 16.4 Å². The molecule has 1 aromatic carbocycles. The average molecular weight is 372 g/mol. The largest absolute Gasteiger partial charge is 0.351 e. The highest BCUT2D eigenvalue weighted by molar-refractivity contribution is 7.91. The minimum atomic E-state index is -3.74. The van der Waals surface area contributed by atoms with E-state index in [9.17, 15) is 21.6 Å². The summed E-state index contributed by atoms with van der Waals surface area (Å²) in [6, 6.07) is 6.82. The van der Waals surface area contributed by atoms with Crippen molar-refractivity contribution < 1.29 is 21.6 Å². The molecule has 0 saturated carbocycles. The van der Waals surface area contributed by atoms with Crippen molar-refractivity contribution >= 4 is 25.8 Å². The van der Waals surface area contributed by atoms with E-state index in [1.807, 2.05) is 0 Å². The van der Waals surface area contributed by atoms with Gasteiger partial charge in [-0.05, 0) is 31.4 Å². The lowest BCUT2D eigenvalue weighted by molar-refractivity contribution is -0.124. The molecule has 24 heavy (non-hydrogen) atoms. The minimum absolute atomic E-state index is 0.0641. The van der Waals surface area contributed by atoms with Crippen molar-refractivity contribution in [1.82, 2.24) is 9.62 Å². The number of amides is 1. The predicted octanol–water partition coefficient (Wildman–Crippen LogP) is 0.143. The van der Waals surface area contributed by atoms with Crippen LogP contribution in [0.15, 0.2) is 35.2 Å². The maximum atomic E-state index is 12.7. The van der Waals surface area contributed by atoms with Gasteiger partial charge in [-0.2, -0.15) is 4.31 Å². The molecule has 2 aliphatic rings. The lowest BCUT2D eigenvalue weighted by Crippen LogP contribution is -2.49. The maximum Gasteiger partial charge on any atom is 0.243 e. The van der Waals surface area contributed by atoms with Crippen molar-refractivity contribution in [3.8, 4) is 0 Å². The van der Waals surface area contributed by atoms with Gasteiger partial charge in [-0.3, -0.25) is 4.79 Å². The van der Waals surface area contributed by atoms with Crippen LogP contribution in [0.3, 0.4) is 0 Å². The molecule has 0 bridgehead atoms. The Kier molecular flexibility index (Phi) is 4.67. The molecule has 0 aromatic heterocycles. The minimum Gasteiger partial charge on any atom is -0.351 e. The van der Waals surface area contributed by atoms with Gasteiger partial charge in [0, 0.05) is 12.6 Å². The number of sulfone groups is 1. The van der Waals surface area contributed by atoms with Gasteiger partial charge in [-0.1, -0.05) is 18.2 Å². The first-order chi connectivity index (χ1) is 11.3. The molecule has 2 heterocycles. The number of carbonyl (C=O) groups is 1. The van der Waals surface area contributed by atoms with Crippen LogP contribution in [0.5, 0.6) is 0 Å². The second-order valence-electron chi connectivity index (χ2n) is 6.20. The molecule has 132 valence electrons. The quantitative estimate of drug-likeness (QED) is 0.810. The van der Waals surface area contributed by atoms with Crippen LogP contribution in [0.1, 0.15) is 19.3 Å². The topological polar surface area (TPSA) is 101 Å². The van der Waals surface area contributed by atoms with Gasteiger partial charge in [0.25, 0.3) is 0 Å². The molecule has 0 aliphatic carbocycles. The van der Waals surface area contributed by atoms with E-state index in [2.05, 4.69) is 5.32 Å². The zero-order chi connectivity index (χ0) is 17.4. The highest BCUT2D eigenvalue weighted by atomic mass is 32.2. The van der Waals surface area contributed by atoms with Gasteiger partial charge >= 0.3 is 0 Å². The number of hydrogen-bond donors (Lipinski definition) is 1. The van der Waals surface area contributed by atoms with Crippen LogP contribution in [0.4, 0.5) is 0 Å². The third-order valence-corrected chi connectivity index (χ3v) is 8.13. The Hall–Kier alpha value is -1.45. The van der Waals surface area contributed by atoms with Crippen molar-refractivity contribution in [1.29, 1.82) is 0 Å². The monoisotopic (exact) mass is 372 g/mol. The fourth-order valence-corrected chi connectivity index (χ4v) is 6.57. The number of nitrogens with one attached hydrogen (secondary N) is 1. The van der Waals surface area contributed by atoms with E-state index in [0.29, 0.717) is 19.3 Å². The Balaban J connectivity index is 1.75. The van der Waals surface area contributed by atoms with E-state index in [1.165, 1.54) is 16.4 Å². The second kappa shape index (κ2) is 6.45. The lowest BCUT2D eigenvalue weighted by Gasteiger charge is -2.24. The third kappa shape index (κ3) is 3.47. The highest BCUT2D eigenvalue weighted by Gasteiger charge is 2.40. The van der Waals surface area contributed by atoms with E-state index < -0.39 is 37.9 Å². The van der Waals surface area contributed by atoms with Gasteiger partial charge in [0.1, 0.15) is 6.04 Å². The van der Waals surface area contributed by atoms with E-state index in [4.69, 9.17) is 0 Å². The second-order valence-corrected chi connectivity index (χ2v) is 10.3. The molecule has 7 nitrogen and oxygen atoms in total. The fourth-order valence-electron chi connectivity index (χ4n) is 3.22. The van der Waals surface area contributed by atoms with Gasteiger partial charge < -0.3 is 5.32 Å². The first-order valence-electron chi connectivity index (χ1n) is 7.87. The van der Waals surface area contributed by atoms with Crippen molar-refractivity contribution in [2.75, 3.05) is 18.1 Å². The summed E-state index contributed by atoms with van der Waals surface area (Å²) in [6.07, 6.45) is 1.43. The zero-order valence-corrected chi connectivity index (χ0v) is 14.7. The molecule has 2 saturated heterocycles. The van der Waals surface area contributed by atoms with Crippen LogP contribution in [0.25, 0.3) is 0 Å². The van der Waals surface area contributed by atoms with E-state index >= 15 is 0 Å². The highest BCUT2D eigenvalue weighted by Crippen LogP contribution is 2.26. The number of rotatable bonds is 4. The molecule has 0 unspecified atom stereocenters. The molecule has 1 amide bonds. The van der Waals surface area contributed by atoms with Crippen LogP contribution >= 0.6 is 0 Å². The van der Waals surface area contributed by atoms with Crippen molar-refractivity contribution in [2.24, 2.45) is 0 Å². The summed E-state index contributed by atoms with van der Waals surface area (Å²) in [7, 11) is -6.83. The molecule has 2 aliphatic heterocycles. The Morgan fingerprint density at radius 1 is 1.17 bits per heavy atom. The lowest BCUT2D eigenvalue weighted by atomic mass is 10.2. The van der Waals surface area contributed by atoms with Crippen LogP contribution in [0.2, 0.25) is 0 Å². The summed E-state index contributed by atoms with van der Waals surface area (Å²) in [5.41, 5.74) is 0.